The molecule has 0 bridgehead atoms. The summed E-state index contributed by atoms with van der Waals surface area (Å²) in [5.41, 5.74) is 13.5. The molecule has 3 aromatic carbocycles. The number of nitrogens with two attached hydrogens (primary N) is 1. The van der Waals surface area contributed by atoms with Crippen LogP contribution in [0.5, 0.6) is 0 Å². The summed E-state index contributed by atoms with van der Waals surface area (Å²) in [5, 5.41) is 10.5. The Morgan fingerprint density at radius 3 is 1.95 bits per heavy atom. The fourth-order valence-electron chi connectivity index (χ4n) is 5.56. The fourth-order valence-corrected chi connectivity index (χ4v) is 5.56. The fraction of sp³-hybridized carbons (Fsp3) is 0.463. The summed E-state index contributed by atoms with van der Waals surface area (Å²) in [6.45, 7) is 19.7. The minimum Gasteiger partial charge on any atom is -0.392 e. The van der Waals surface area contributed by atoms with E-state index in [4.69, 9.17) is 5.73 Å². The predicted molar refractivity (Wildman–Crippen MR) is 191 cm³/mol. The van der Waals surface area contributed by atoms with E-state index in [2.05, 4.69) is 106 Å². The highest BCUT2D eigenvalue weighted by Gasteiger charge is 2.47. The maximum atomic E-state index is 10.5. The number of nitrogens with zero attached hydrogens (tertiary/aromatic N) is 1. The van der Waals surface area contributed by atoms with Crippen LogP contribution >= 0.6 is 0 Å². The van der Waals surface area contributed by atoms with Crippen molar-refractivity contribution in [1.29, 1.82) is 0 Å². The lowest BCUT2D eigenvalue weighted by Crippen LogP contribution is -2.66. The molecule has 1 aliphatic rings. The minimum atomic E-state index is -0.292. The first-order valence-corrected chi connectivity index (χ1v) is 16.6. The Kier molecular flexibility index (Phi) is 16.8. The summed E-state index contributed by atoms with van der Waals surface area (Å²) in [4.78, 5) is 2.42. The predicted octanol–water partition coefficient (Wildman–Crippen LogP) is 8.92. The average Bonchev–Trinajstić information content (AvgIpc) is 3.02. The van der Waals surface area contributed by atoms with Crippen molar-refractivity contribution in [2.45, 2.75) is 105 Å². The van der Waals surface area contributed by atoms with Gasteiger partial charge in [-0.1, -0.05) is 118 Å². The Hall–Kier alpha value is -3.16. The van der Waals surface area contributed by atoms with E-state index < -0.39 is 0 Å². The van der Waals surface area contributed by atoms with E-state index in [1.54, 1.807) is 0 Å². The van der Waals surface area contributed by atoms with Gasteiger partial charge >= 0.3 is 0 Å². The van der Waals surface area contributed by atoms with Gasteiger partial charge in [0.05, 0.1) is 6.10 Å². The Morgan fingerprint density at radius 2 is 1.45 bits per heavy atom. The molecular formula is C41H58N2O. The molecule has 0 amide bonds. The summed E-state index contributed by atoms with van der Waals surface area (Å²) in [7, 11) is 0. The van der Waals surface area contributed by atoms with Gasteiger partial charge in [0.15, 0.2) is 0 Å². The lowest BCUT2D eigenvalue weighted by molar-refractivity contribution is -0.0530. The van der Waals surface area contributed by atoms with Gasteiger partial charge < -0.3 is 10.8 Å². The molecule has 3 nitrogen and oxygen atoms in total. The molecule has 5 atom stereocenters. The van der Waals surface area contributed by atoms with Gasteiger partial charge in [-0.25, -0.2) is 0 Å². The van der Waals surface area contributed by atoms with Gasteiger partial charge in [0.2, 0.25) is 0 Å². The Balaban J connectivity index is 0.000000371. The molecule has 4 rings (SSSR count). The second kappa shape index (κ2) is 20.0. The Morgan fingerprint density at radius 1 is 0.886 bits per heavy atom. The van der Waals surface area contributed by atoms with E-state index in [0.29, 0.717) is 37.0 Å². The summed E-state index contributed by atoms with van der Waals surface area (Å²) in [6, 6.07) is 28.2. The van der Waals surface area contributed by atoms with Crippen molar-refractivity contribution in [3.8, 4) is 11.8 Å². The Bertz CT molecular complexity index is 1250. The lowest BCUT2D eigenvalue weighted by Gasteiger charge is -2.56. The van der Waals surface area contributed by atoms with Crippen molar-refractivity contribution in [2.24, 2.45) is 11.7 Å². The highest BCUT2D eigenvalue weighted by Crippen LogP contribution is 2.42. The number of aryl methyl sites for hydroxylation is 2. The number of hydrogen-bond donors (Lipinski definition) is 2. The smallest absolute Gasteiger partial charge is 0.0692 e. The van der Waals surface area contributed by atoms with Crippen LogP contribution in [0.1, 0.15) is 101 Å². The molecular weight excluding hydrogens is 536 g/mol. The molecule has 0 radical (unpaired) electrons. The van der Waals surface area contributed by atoms with Crippen LogP contribution in [0, 0.1) is 24.7 Å². The molecule has 44 heavy (non-hydrogen) atoms. The monoisotopic (exact) mass is 594 g/mol. The highest BCUT2D eigenvalue weighted by molar-refractivity contribution is 5.44. The van der Waals surface area contributed by atoms with Crippen molar-refractivity contribution in [1.82, 2.24) is 4.90 Å². The number of benzene rings is 3. The molecule has 0 spiro atoms. The topological polar surface area (TPSA) is 49.5 Å². The van der Waals surface area contributed by atoms with Gasteiger partial charge in [-0.05, 0) is 81.3 Å². The molecule has 5 unspecified atom stereocenters. The molecule has 0 aliphatic carbocycles. The number of aliphatic hydroxyl groups is 1. The third-order valence-corrected chi connectivity index (χ3v) is 8.40. The van der Waals surface area contributed by atoms with Crippen LogP contribution in [0.2, 0.25) is 0 Å². The van der Waals surface area contributed by atoms with Crippen LogP contribution in [0.15, 0.2) is 91.0 Å². The molecule has 0 aromatic heterocycles. The minimum absolute atomic E-state index is 0.292. The van der Waals surface area contributed by atoms with Crippen molar-refractivity contribution >= 4 is 0 Å². The first-order chi connectivity index (χ1) is 21.1. The summed E-state index contributed by atoms with van der Waals surface area (Å²) < 4.78 is 0. The van der Waals surface area contributed by atoms with Gasteiger partial charge in [0.1, 0.15) is 0 Å². The standard InChI is InChI=1S/C26H34N2O.C11H16.C4H8/c1-4-19(3)25(29)18-28-23(5-2)26(24(28)17-27)22-15-13-21(14-16-22)12-11-20-9-7-6-8-10-20;1-3-4-5-11-8-6-10(2)7-9-11;1-4(2)3/h6-10,13-16,19,23-26,29H,4-5,17-18,27H2,1-3H3;6-9H,3-5H2,1-2H3;1H2,2-3H3. The molecule has 3 N–H and O–H groups in total. The maximum absolute atomic E-state index is 10.5. The highest BCUT2D eigenvalue weighted by atomic mass is 16.3. The first-order valence-electron chi connectivity index (χ1n) is 16.6. The summed E-state index contributed by atoms with van der Waals surface area (Å²) >= 11 is 0. The van der Waals surface area contributed by atoms with Crippen LogP contribution in [0.25, 0.3) is 0 Å². The largest absolute Gasteiger partial charge is 0.392 e. The van der Waals surface area contributed by atoms with Crippen molar-refractivity contribution in [2.75, 3.05) is 13.1 Å². The van der Waals surface area contributed by atoms with Gasteiger partial charge in [-0.15, -0.1) is 6.58 Å². The van der Waals surface area contributed by atoms with E-state index in [-0.39, 0.29) is 6.10 Å². The summed E-state index contributed by atoms with van der Waals surface area (Å²) in [5.74, 6) is 7.20. The first kappa shape index (κ1) is 37.0. The van der Waals surface area contributed by atoms with Gasteiger partial charge in [0.25, 0.3) is 0 Å². The molecule has 1 aliphatic heterocycles. The van der Waals surface area contributed by atoms with E-state index in [1.165, 1.54) is 41.5 Å². The molecule has 0 saturated carbocycles. The van der Waals surface area contributed by atoms with Crippen LogP contribution in [-0.2, 0) is 6.42 Å². The molecule has 1 saturated heterocycles. The lowest BCUT2D eigenvalue weighted by atomic mass is 9.73. The number of aliphatic hydroxyl groups excluding tert-OH is 1. The number of allylic oxidation sites excluding steroid dienone is 1. The van der Waals surface area contributed by atoms with Gasteiger partial charge in [-0.3, -0.25) is 4.90 Å². The SMILES string of the molecule is C=C(C)C.CCC(C)C(O)CN1C(CC)C(c2ccc(C#Cc3ccccc3)cc2)C1CN.CCCCc1ccc(C)cc1. The zero-order chi connectivity index (χ0) is 32.5. The molecule has 3 heteroatoms. The number of hydrogen-bond acceptors (Lipinski definition) is 3. The second-order valence-corrected chi connectivity index (χ2v) is 12.5. The van der Waals surface area contributed by atoms with E-state index >= 15 is 0 Å². The third-order valence-electron chi connectivity index (χ3n) is 8.40. The van der Waals surface area contributed by atoms with Crippen LogP contribution in [0.4, 0.5) is 0 Å². The average molecular weight is 595 g/mol. The number of β-amino-alcohol motifs (C(OH)–C–C–N with tert-alkyl or cyclic N) is 1. The van der Waals surface area contributed by atoms with Crippen LogP contribution in [0.3, 0.4) is 0 Å². The van der Waals surface area contributed by atoms with E-state index in [9.17, 15) is 5.11 Å². The normalized spacial score (nSPS) is 18.6. The molecule has 1 heterocycles. The van der Waals surface area contributed by atoms with Gasteiger partial charge in [0, 0.05) is 42.2 Å². The van der Waals surface area contributed by atoms with Crippen molar-refractivity contribution < 1.29 is 5.11 Å². The Labute approximate surface area is 269 Å². The number of likely N-dealkylation sites (tertiary alicyclic amines) is 1. The maximum Gasteiger partial charge on any atom is 0.0692 e. The molecule has 238 valence electrons. The summed E-state index contributed by atoms with van der Waals surface area (Å²) in [6.07, 6.45) is 5.59. The number of unbranched alkanes of at least 4 members (excludes halogenated alkanes) is 1. The molecule has 1 fully saturated rings. The molecule has 3 aromatic rings. The quantitative estimate of drug-likeness (QED) is 0.182. The van der Waals surface area contributed by atoms with Gasteiger partial charge in [-0.2, -0.15) is 0 Å². The second-order valence-electron chi connectivity index (χ2n) is 12.5. The number of rotatable bonds is 10. The van der Waals surface area contributed by atoms with Crippen LogP contribution in [-0.4, -0.2) is 41.3 Å². The zero-order valence-corrected chi connectivity index (χ0v) is 28.5. The van der Waals surface area contributed by atoms with Crippen molar-refractivity contribution in [3.63, 3.8) is 0 Å². The third kappa shape index (κ3) is 12.1. The van der Waals surface area contributed by atoms with Crippen LogP contribution < -0.4 is 5.73 Å². The van der Waals surface area contributed by atoms with Crippen molar-refractivity contribution in [3.05, 3.63) is 119 Å². The zero-order valence-electron chi connectivity index (χ0n) is 28.5. The van der Waals surface area contributed by atoms with E-state index in [1.807, 2.05) is 44.2 Å². The van der Waals surface area contributed by atoms with E-state index in [0.717, 1.165) is 24.0 Å².